The molecule has 110 valence electrons. The second kappa shape index (κ2) is 5.18. The standard InChI is InChI=1S/C13H19ClN4O2/c1-5-8-11(14)9(17(4)16-8)7-18-10(19)6-15-13(2,3)12(18)20/h15H,5-7H2,1-4H3. The third kappa shape index (κ3) is 2.45. The highest BCUT2D eigenvalue weighted by atomic mass is 35.5. The molecule has 0 atom stereocenters. The number of rotatable bonds is 3. The first-order valence-electron chi connectivity index (χ1n) is 6.58. The van der Waals surface area contributed by atoms with Crippen molar-refractivity contribution in [2.75, 3.05) is 6.54 Å². The van der Waals surface area contributed by atoms with Crippen molar-refractivity contribution in [1.29, 1.82) is 0 Å². The number of hydrogen-bond donors (Lipinski definition) is 1. The van der Waals surface area contributed by atoms with E-state index in [2.05, 4.69) is 10.4 Å². The van der Waals surface area contributed by atoms with Crippen molar-refractivity contribution in [2.45, 2.75) is 39.3 Å². The van der Waals surface area contributed by atoms with Crippen molar-refractivity contribution in [2.24, 2.45) is 7.05 Å². The maximum absolute atomic E-state index is 12.3. The Bertz CT molecular complexity index is 565. The quantitative estimate of drug-likeness (QED) is 0.841. The second-order valence-corrected chi connectivity index (χ2v) is 5.83. The summed E-state index contributed by atoms with van der Waals surface area (Å²) < 4.78 is 1.64. The molecule has 0 bridgehead atoms. The molecule has 0 unspecified atom stereocenters. The first kappa shape index (κ1) is 15.0. The second-order valence-electron chi connectivity index (χ2n) is 5.45. The van der Waals surface area contributed by atoms with Gasteiger partial charge in [-0.1, -0.05) is 18.5 Å². The Morgan fingerprint density at radius 1 is 1.40 bits per heavy atom. The summed E-state index contributed by atoms with van der Waals surface area (Å²) in [7, 11) is 1.77. The Hall–Kier alpha value is -1.40. The molecule has 0 saturated carbocycles. The molecule has 1 fully saturated rings. The molecule has 1 N–H and O–H groups in total. The lowest BCUT2D eigenvalue weighted by Crippen LogP contribution is -2.63. The van der Waals surface area contributed by atoms with Crippen LogP contribution in [0.1, 0.15) is 32.2 Å². The molecule has 2 rings (SSSR count). The molecule has 1 aromatic rings. The SMILES string of the molecule is CCc1nn(C)c(CN2C(=O)CNC(C)(C)C2=O)c1Cl. The van der Waals surface area contributed by atoms with E-state index in [-0.39, 0.29) is 24.9 Å². The third-order valence-corrected chi connectivity index (χ3v) is 4.01. The van der Waals surface area contributed by atoms with Crippen LogP contribution in [-0.4, -0.2) is 38.6 Å². The molecule has 0 aromatic carbocycles. The number of imide groups is 1. The van der Waals surface area contributed by atoms with Crippen LogP contribution in [0.4, 0.5) is 0 Å². The molecule has 0 radical (unpaired) electrons. The van der Waals surface area contributed by atoms with Crippen molar-refractivity contribution < 1.29 is 9.59 Å². The van der Waals surface area contributed by atoms with Gasteiger partial charge in [-0.15, -0.1) is 0 Å². The van der Waals surface area contributed by atoms with E-state index in [4.69, 9.17) is 11.6 Å². The summed E-state index contributed by atoms with van der Waals surface area (Å²) in [4.78, 5) is 25.5. The molecule has 1 aromatic heterocycles. The molecule has 7 heteroatoms. The van der Waals surface area contributed by atoms with E-state index in [1.54, 1.807) is 25.6 Å². The Morgan fingerprint density at radius 3 is 2.60 bits per heavy atom. The molecule has 20 heavy (non-hydrogen) atoms. The predicted molar refractivity (Wildman–Crippen MR) is 75.2 cm³/mol. The fourth-order valence-corrected chi connectivity index (χ4v) is 2.57. The molecule has 2 amide bonds. The van der Waals surface area contributed by atoms with E-state index < -0.39 is 5.54 Å². The highest BCUT2D eigenvalue weighted by Crippen LogP contribution is 2.24. The predicted octanol–water partition coefficient (Wildman–Crippen LogP) is 0.873. The van der Waals surface area contributed by atoms with Crippen LogP contribution in [0.5, 0.6) is 0 Å². The van der Waals surface area contributed by atoms with Gasteiger partial charge in [0.1, 0.15) is 0 Å². The zero-order valence-corrected chi connectivity index (χ0v) is 12.9. The average Bonchev–Trinajstić information content (AvgIpc) is 2.66. The molecule has 6 nitrogen and oxygen atoms in total. The van der Waals surface area contributed by atoms with Crippen LogP contribution >= 0.6 is 11.6 Å². The van der Waals surface area contributed by atoms with Gasteiger partial charge in [0.25, 0.3) is 0 Å². The molecule has 0 spiro atoms. The van der Waals surface area contributed by atoms with Gasteiger partial charge in [0.2, 0.25) is 11.8 Å². The summed E-state index contributed by atoms with van der Waals surface area (Å²) in [5, 5.41) is 7.76. The van der Waals surface area contributed by atoms with Crippen molar-refractivity contribution in [3.63, 3.8) is 0 Å². The van der Waals surface area contributed by atoms with Gasteiger partial charge in [0.15, 0.2) is 0 Å². The zero-order chi connectivity index (χ0) is 15.1. The zero-order valence-electron chi connectivity index (χ0n) is 12.2. The minimum Gasteiger partial charge on any atom is -0.295 e. The van der Waals surface area contributed by atoms with Crippen molar-refractivity contribution in [3.05, 3.63) is 16.4 Å². The summed E-state index contributed by atoms with van der Waals surface area (Å²) in [6.07, 6.45) is 0.710. The summed E-state index contributed by atoms with van der Waals surface area (Å²) in [6.45, 7) is 5.79. The number of aromatic nitrogens is 2. The third-order valence-electron chi connectivity index (χ3n) is 3.57. The van der Waals surface area contributed by atoms with Crippen molar-refractivity contribution in [1.82, 2.24) is 20.0 Å². The lowest BCUT2D eigenvalue weighted by Gasteiger charge is -2.36. The van der Waals surface area contributed by atoms with Crippen molar-refractivity contribution in [3.8, 4) is 0 Å². The van der Waals surface area contributed by atoms with E-state index in [0.717, 1.165) is 5.69 Å². The van der Waals surface area contributed by atoms with Crippen LogP contribution in [0.2, 0.25) is 5.02 Å². The number of amides is 2. The number of carbonyl (C=O) groups excluding carboxylic acids is 2. The highest BCUT2D eigenvalue weighted by Gasteiger charge is 2.40. The van der Waals surface area contributed by atoms with Crippen LogP contribution in [0.15, 0.2) is 0 Å². The van der Waals surface area contributed by atoms with Crippen LogP contribution in [0, 0.1) is 0 Å². The fourth-order valence-electron chi connectivity index (χ4n) is 2.22. The molecular weight excluding hydrogens is 280 g/mol. The summed E-state index contributed by atoms with van der Waals surface area (Å²) >= 11 is 6.27. The summed E-state index contributed by atoms with van der Waals surface area (Å²) in [5.41, 5.74) is 0.716. The van der Waals surface area contributed by atoms with E-state index in [0.29, 0.717) is 17.1 Å². The monoisotopic (exact) mass is 298 g/mol. The van der Waals surface area contributed by atoms with Gasteiger partial charge < -0.3 is 0 Å². The number of piperazine rings is 1. The number of nitrogens with one attached hydrogen (secondary N) is 1. The van der Waals surface area contributed by atoms with Crippen LogP contribution in [0.3, 0.4) is 0 Å². The van der Waals surface area contributed by atoms with Gasteiger partial charge in [0.05, 0.1) is 35.0 Å². The summed E-state index contributed by atoms with van der Waals surface area (Å²) in [5.74, 6) is -0.492. The molecule has 1 aliphatic heterocycles. The molecule has 1 saturated heterocycles. The van der Waals surface area contributed by atoms with Gasteiger partial charge in [0, 0.05) is 7.05 Å². The van der Waals surface area contributed by atoms with E-state index in [1.807, 2.05) is 6.92 Å². The normalized spacial score (nSPS) is 18.8. The maximum atomic E-state index is 12.3. The average molecular weight is 299 g/mol. The number of aryl methyl sites for hydroxylation is 2. The largest absolute Gasteiger partial charge is 0.295 e. The van der Waals surface area contributed by atoms with Gasteiger partial charge in [-0.25, -0.2) is 0 Å². The van der Waals surface area contributed by atoms with Crippen LogP contribution in [0.25, 0.3) is 0 Å². The number of nitrogens with zero attached hydrogens (tertiary/aromatic N) is 3. The lowest BCUT2D eigenvalue weighted by molar-refractivity contribution is -0.153. The number of halogens is 1. The molecule has 0 aliphatic carbocycles. The Labute approximate surface area is 123 Å². The maximum Gasteiger partial charge on any atom is 0.249 e. The van der Waals surface area contributed by atoms with Gasteiger partial charge >= 0.3 is 0 Å². The van der Waals surface area contributed by atoms with E-state index in [9.17, 15) is 9.59 Å². The molecule has 1 aliphatic rings. The minimum absolute atomic E-state index is 0.148. The van der Waals surface area contributed by atoms with Gasteiger partial charge in [-0.3, -0.25) is 24.5 Å². The first-order valence-corrected chi connectivity index (χ1v) is 6.95. The van der Waals surface area contributed by atoms with E-state index >= 15 is 0 Å². The Morgan fingerprint density at radius 2 is 2.05 bits per heavy atom. The molecule has 2 heterocycles. The highest BCUT2D eigenvalue weighted by molar-refractivity contribution is 6.32. The topological polar surface area (TPSA) is 67.2 Å². The Balaban J connectivity index is 2.31. The minimum atomic E-state index is -0.743. The van der Waals surface area contributed by atoms with Gasteiger partial charge in [-0.05, 0) is 20.3 Å². The first-order chi connectivity index (χ1) is 9.27. The Kier molecular flexibility index (Phi) is 3.88. The fraction of sp³-hybridized carbons (Fsp3) is 0.615. The van der Waals surface area contributed by atoms with Gasteiger partial charge in [-0.2, -0.15) is 5.10 Å². The summed E-state index contributed by atoms with van der Waals surface area (Å²) in [6, 6.07) is 0. The van der Waals surface area contributed by atoms with Crippen LogP contribution in [-0.2, 0) is 29.6 Å². The number of carbonyl (C=O) groups is 2. The molecular formula is C13H19ClN4O2. The van der Waals surface area contributed by atoms with Crippen molar-refractivity contribution >= 4 is 23.4 Å². The number of hydrogen-bond acceptors (Lipinski definition) is 4. The smallest absolute Gasteiger partial charge is 0.249 e. The lowest BCUT2D eigenvalue weighted by atomic mass is 10.0. The van der Waals surface area contributed by atoms with Crippen LogP contribution < -0.4 is 5.32 Å². The van der Waals surface area contributed by atoms with E-state index in [1.165, 1.54) is 4.90 Å².